The van der Waals surface area contributed by atoms with Crippen LogP contribution >= 0.6 is 0 Å². The number of piperidine rings is 2. The molecule has 0 saturated carbocycles. The molecule has 2 aliphatic rings. The van der Waals surface area contributed by atoms with Crippen molar-refractivity contribution in [3.8, 4) is 0 Å². The first kappa shape index (κ1) is 16.5. The lowest BCUT2D eigenvalue weighted by Crippen LogP contribution is -2.42. The monoisotopic (exact) mass is 343 g/mol. The molecule has 0 aliphatic carbocycles. The Kier molecular flexibility index (Phi) is 4.67. The lowest BCUT2D eigenvalue weighted by Gasteiger charge is -2.24. The van der Waals surface area contributed by atoms with Crippen molar-refractivity contribution in [2.45, 2.75) is 44.6 Å². The largest absolute Gasteiger partial charge is 0.349 e. The van der Waals surface area contributed by atoms with E-state index >= 15 is 0 Å². The molecule has 2 aliphatic heterocycles. The number of rotatable bonds is 3. The Hall–Kier alpha value is -1.99. The summed E-state index contributed by atoms with van der Waals surface area (Å²) in [6.07, 6.45) is 3.93. The number of amides is 1. The minimum atomic E-state index is -0.0409. The first-order valence-electron chi connectivity index (χ1n) is 9.21. The zero-order valence-corrected chi connectivity index (χ0v) is 14.6. The van der Waals surface area contributed by atoms with Gasteiger partial charge in [0.05, 0.1) is 16.6 Å². The van der Waals surface area contributed by atoms with E-state index in [1.807, 2.05) is 13.0 Å². The van der Waals surface area contributed by atoms with Gasteiger partial charge < -0.3 is 20.5 Å². The van der Waals surface area contributed by atoms with Crippen LogP contribution in [-0.4, -0.2) is 48.3 Å². The number of fused-ring (bicyclic) bond motifs is 1. The number of hydrogen-bond donors (Lipinski definition) is 3. The number of carbonyl (C=O) groups excluding carboxylic acids is 1. The summed E-state index contributed by atoms with van der Waals surface area (Å²) in [5.74, 6) is 0.276. The lowest BCUT2D eigenvalue weighted by molar-refractivity contribution is 0.0931. The van der Waals surface area contributed by atoms with E-state index in [1.165, 1.54) is 0 Å². The van der Waals surface area contributed by atoms with Crippen LogP contribution in [0.4, 0.5) is 0 Å². The van der Waals surface area contributed by atoms with Crippen molar-refractivity contribution in [3.63, 3.8) is 0 Å². The number of aryl methyl sites for hydroxylation is 1. The normalized spacial score (nSPS) is 20.0. The summed E-state index contributed by atoms with van der Waals surface area (Å²) in [6.45, 7) is 5.71. The fourth-order valence-electron chi connectivity index (χ4n) is 3.88. The summed E-state index contributed by atoms with van der Waals surface area (Å²) in [4.78, 5) is 17.4. The third-order valence-electron chi connectivity index (χ3n) is 5.25. The number of nitrogens with one attached hydrogen (secondary N) is 3. The molecular weight excluding hydrogens is 318 g/mol. The van der Waals surface area contributed by atoms with Gasteiger partial charge in [0.2, 0.25) is 0 Å². The maximum Gasteiger partial charge on any atom is 0.259 e. The van der Waals surface area contributed by atoms with Gasteiger partial charge in [-0.1, -0.05) is 5.16 Å². The molecule has 0 spiro atoms. The van der Waals surface area contributed by atoms with Crippen LogP contribution in [-0.2, 0) is 0 Å². The van der Waals surface area contributed by atoms with Gasteiger partial charge in [-0.25, -0.2) is 4.98 Å². The van der Waals surface area contributed by atoms with Gasteiger partial charge >= 0.3 is 0 Å². The van der Waals surface area contributed by atoms with E-state index in [1.54, 1.807) is 0 Å². The molecule has 0 aromatic carbocycles. The molecule has 0 radical (unpaired) electrons. The molecule has 4 heterocycles. The molecule has 2 aromatic heterocycles. The zero-order valence-electron chi connectivity index (χ0n) is 14.6. The summed E-state index contributed by atoms with van der Waals surface area (Å²) in [5.41, 5.74) is 2.79. The third-order valence-corrected chi connectivity index (χ3v) is 5.25. The molecule has 2 aromatic rings. The average molecular weight is 343 g/mol. The highest BCUT2D eigenvalue weighted by molar-refractivity contribution is 6.06. The summed E-state index contributed by atoms with van der Waals surface area (Å²) in [7, 11) is 0. The van der Waals surface area contributed by atoms with Gasteiger partial charge in [0.15, 0.2) is 0 Å². The first-order valence-corrected chi connectivity index (χ1v) is 9.21. The molecule has 0 unspecified atom stereocenters. The fourth-order valence-corrected chi connectivity index (χ4v) is 3.88. The van der Waals surface area contributed by atoms with Crippen molar-refractivity contribution in [1.82, 2.24) is 26.1 Å². The maximum absolute atomic E-state index is 13.0. The Morgan fingerprint density at radius 2 is 1.84 bits per heavy atom. The minimum Gasteiger partial charge on any atom is -0.349 e. The summed E-state index contributed by atoms with van der Waals surface area (Å²) in [6, 6.07) is 2.08. The van der Waals surface area contributed by atoms with E-state index < -0.39 is 0 Å². The Labute approximate surface area is 146 Å². The van der Waals surface area contributed by atoms with Crippen molar-refractivity contribution in [1.29, 1.82) is 0 Å². The van der Waals surface area contributed by atoms with Crippen molar-refractivity contribution in [3.05, 3.63) is 23.0 Å². The smallest absolute Gasteiger partial charge is 0.259 e. The molecule has 4 rings (SSSR count). The molecule has 25 heavy (non-hydrogen) atoms. The Balaban J connectivity index is 1.68. The van der Waals surface area contributed by atoms with E-state index in [-0.39, 0.29) is 11.9 Å². The second-order valence-corrected chi connectivity index (χ2v) is 7.08. The molecular formula is C18H25N5O2. The van der Waals surface area contributed by atoms with Gasteiger partial charge in [0.25, 0.3) is 11.6 Å². The van der Waals surface area contributed by atoms with E-state index in [9.17, 15) is 4.79 Å². The predicted molar refractivity (Wildman–Crippen MR) is 94.7 cm³/mol. The van der Waals surface area contributed by atoms with E-state index in [4.69, 9.17) is 4.52 Å². The van der Waals surface area contributed by atoms with E-state index in [0.717, 1.165) is 68.6 Å². The summed E-state index contributed by atoms with van der Waals surface area (Å²) < 4.78 is 5.49. The van der Waals surface area contributed by atoms with Gasteiger partial charge in [-0.3, -0.25) is 4.79 Å². The van der Waals surface area contributed by atoms with Crippen molar-refractivity contribution in [2.75, 3.05) is 26.2 Å². The Bertz CT molecular complexity index is 760. The van der Waals surface area contributed by atoms with Crippen LogP contribution in [0.25, 0.3) is 11.1 Å². The molecule has 2 fully saturated rings. The molecule has 134 valence electrons. The maximum atomic E-state index is 13.0. The van der Waals surface area contributed by atoms with E-state index in [0.29, 0.717) is 17.2 Å². The van der Waals surface area contributed by atoms with Crippen LogP contribution in [0.1, 0.15) is 53.3 Å². The van der Waals surface area contributed by atoms with Crippen LogP contribution in [0.5, 0.6) is 0 Å². The highest BCUT2D eigenvalue weighted by atomic mass is 16.5. The number of aromatic nitrogens is 2. The van der Waals surface area contributed by atoms with Crippen molar-refractivity contribution < 1.29 is 9.32 Å². The van der Waals surface area contributed by atoms with Gasteiger partial charge in [-0.15, -0.1) is 0 Å². The SMILES string of the molecule is Cc1cc(C(=O)NC2CCNCC2)c2c(C3CCNCC3)noc2n1. The number of nitrogens with zero attached hydrogens (tertiary/aromatic N) is 2. The average Bonchev–Trinajstić information content (AvgIpc) is 3.06. The highest BCUT2D eigenvalue weighted by Crippen LogP contribution is 2.32. The van der Waals surface area contributed by atoms with Crippen molar-refractivity contribution in [2.24, 2.45) is 0 Å². The topological polar surface area (TPSA) is 92.1 Å². The molecule has 0 atom stereocenters. The number of pyridine rings is 1. The molecule has 3 N–H and O–H groups in total. The van der Waals surface area contributed by atoms with Crippen LogP contribution in [0.15, 0.2) is 10.6 Å². The zero-order chi connectivity index (χ0) is 17.2. The molecule has 7 nitrogen and oxygen atoms in total. The molecule has 1 amide bonds. The van der Waals surface area contributed by atoms with Gasteiger partial charge in [-0.2, -0.15) is 0 Å². The van der Waals surface area contributed by atoms with Crippen molar-refractivity contribution >= 4 is 17.0 Å². The quantitative estimate of drug-likeness (QED) is 0.782. The predicted octanol–water partition coefficient (Wildman–Crippen LogP) is 1.48. The van der Waals surface area contributed by atoms with Crippen LogP contribution in [0.2, 0.25) is 0 Å². The third kappa shape index (κ3) is 3.39. The van der Waals surface area contributed by atoms with Gasteiger partial charge in [0, 0.05) is 17.7 Å². The Morgan fingerprint density at radius 1 is 1.16 bits per heavy atom. The second-order valence-electron chi connectivity index (χ2n) is 7.08. The summed E-state index contributed by atoms with van der Waals surface area (Å²) in [5, 5.41) is 15.0. The van der Waals surface area contributed by atoms with Crippen LogP contribution in [0, 0.1) is 6.92 Å². The minimum absolute atomic E-state index is 0.0409. The first-order chi connectivity index (χ1) is 12.2. The lowest BCUT2D eigenvalue weighted by atomic mass is 9.91. The van der Waals surface area contributed by atoms with E-state index in [2.05, 4.69) is 26.1 Å². The molecule has 7 heteroatoms. The standard InChI is InChI=1S/C18H25N5O2/c1-11-10-14(17(24)22-13-4-8-20-9-5-13)15-16(23-25-18(15)21-11)12-2-6-19-7-3-12/h10,12-13,19-20H,2-9H2,1H3,(H,22,24). The summed E-state index contributed by atoms with van der Waals surface area (Å²) >= 11 is 0. The molecule has 0 bridgehead atoms. The number of carbonyl (C=O) groups is 1. The molecule has 2 saturated heterocycles. The fraction of sp³-hybridized carbons (Fsp3) is 0.611. The van der Waals surface area contributed by atoms with Crippen LogP contribution in [0.3, 0.4) is 0 Å². The second kappa shape index (κ2) is 7.09. The Morgan fingerprint density at radius 3 is 2.56 bits per heavy atom. The number of hydrogen-bond acceptors (Lipinski definition) is 6. The van der Waals surface area contributed by atoms with Gasteiger partial charge in [-0.05, 0) is 64.9 Å². The van der Waals surface area contributed by atoms with Crippen LogP contribution < -0.4 is 16.0 Å². The van der Waals surface area contributed by atoms with Gasteiger partial charge in [0.1, 0.15) is 0 Å². The highest BCUT2D eigenvalue weighted by Gasteiger charge is 2.27.